The molecule has 0 radical (unpaired) electrons. The van der Waals surface area contributed by atoms with Gasteiger partial charge in [0.25, 0.3) is 0 Å². The van der Waals surface area contributed by atoms with Gasteiger partial charge in [0.15, 0.2) is 0 Å². The first-order valence-electron chi connectivity index (χ1n) is 5.61. The van der Waals surface area contributed by atoms with Crippen LogP contribution in [-0.4, -0.2) is 0 Å². The maximum absolute atomic E-state index is 2.46. The third-order valence-electron chi connectivity index (χ3n) is 3.33. The quantitative estimate of drug-likeness (QED) is 0.448. The van der Waals surface area contributed by atoms with Gasteiger partial charge in [-0.25, -0.2) is 0 Å². The van der Waals surface area contributed by atoms with Crippen LogP contribution in [0.4, 0.5) is 0 Å². The van der Waals surface area contributed by atoms with Gasteiger partial charge in [-0.3, -0.25) is 0 Å². The smallest absolute Gasteiger partial charge is 1.00 e. The zero-order valence-electron chi connectivity index (χ0n) is 10.8. The fraction of sp³-hybridized carbons (Fsp3) is 0.429. The van der Waals surface area contributed by atoms with Crippen molar-refractivity contribution in [1.29, 1.82) is 0 Å². The molecule has 0 bridgehead atoms. The van der Waals surface area contributed by atoms with Crippen molar-refractivity contribution in [3.05, 3.63) is 41.6 Å². The Morgan fingerprint density at radius 3 is 2.18 bits per heavy atom. The molecule has 0 nitrogen and oxygen atoms in total. The van der Waals surface area contributed by atoms with Crippen molar-refractivity contribution >= 4 is 0 Å². The normalized spacial score (nSPS) is 22.1. The molecule has 92 valence electrons. The second kappa shape index (κ2) is 7.11. The molecule has 2 aliphatic rings. The van der Waals surface area contributed by atoms with Gasteiger partial charge < -0.3 is 24.8 Å². The second-order valence-electron chi connectivity index (χ2n) is 4.68. The number of rotatable bonds is 2. The molecule has 0 saturated heterocycles. The molecule has 0 aromatic carbocycles. The van der Waals surface area contributed by atoms with Crippen LogP contribution in [0.2, 0.25) is 0 Å². The maximum atomic E-state index is 2.46. The van der Waals surface area contributed by atoms with Gasteiger partial charge in [-0.2, -0.15) is 0 Å². The average Bonchev–Trinajstić information content (AvgIpc) is 2.64. The van der Waals surface area contributed by atoms with Gasteiger partial charge in [0.1, 0.15) is 0 Å². The van der Waals surface area contributed by atoms with Crippen molar-refractivity contribution in [2.75, 3.05) is 0 Å². The summed E-state index contributed by atoms with van der Waals surface area (Å²) in [7, 11) is 0. The maximum Gasteiger partial charge on any atom is -1.00 e. The molecule has 0 N–H and O–H groups in total. The summed E-state index contributed by atoms with van der Waals surface area (Å²) in [5.74, 6) is 0.732. The Hall–Kier alpha value is 0.410. The fourth-order valence-electron chi connectivity index (χ4n) is 2.16. The van der Waals surface area contributed by atoms with Gasteiger partial charge >= 0.3 is 105 Å². The monoisotopic (exact) mass is 436 g/mol. The molecule has 17 heavy (non-hydrogen) atoms. The van der Waals surface area contributed by atoms with E-state index in [2.05, 4.69) is 45.9 Å². The summed E-state index contributed by atoms with van der Waals surface area (Å²) in [6, 6.07) is 0. The van der Waals surface area contributed by atoms with E-state index < -0.39 is 22.9 Å². The summed E-state index contributed by atoms with van der Waals surface area (Å²) in [5, 5.41) is 0. The van der Waals surface area contributed by atoms with Crippen LogP contribution in [-0.2, 0) is 22.9 Å². The van der Waals surface area contributed by atoms with Gasteiger partial charge in [0, 0.05) is 0 Å². The first-order chi connectivity index (χ1) is 7.08. The summed E-state index contributed by atoms with van der Waals surface area (Å²) in [5.41, 5.74) is 4.68. The van der Waals surface area contributed by atoms with E-state index in [1.807, 2.05) is 3.33 Å². The third-order valence-corrected chi connectivity index (χ3v) is 9.66. The van der Waals surface area contributed by atoms with Gasteiger partial charge in [0.05, 0.1) is 0 Å². The van der Waals surface area contributed by atoms with Crippen LogP contribution >= 0.6 is 0 Å². The molecule has 2 rings (SSSR count). The summed E-state index contributed by atoms with van der Waals surface area (Å²) < 4.78 is 3.60. The molecule has 2 aliphatic carbocycles. The molecular formula is C14H18Cl2Hf. The molecule has 0 heterocycles. The SMILES string of the molecule is CC1=C(C)C[C]([Hf+2][C]2=C(C)C=CC2C)=C1.[Cl-].[Cl-]. The van der Waals surface area contributed by atoms with Crippen molar-refractivity contribution in [1.82, 2.24) is 0 Å². The molecule has 3 heteroatoms. The van der Waals surface area contributed by atoms with Gasteiger partial charge in [-0.1, -0.05) is 0 Å². The zero-order valence-corrected chi connectivity index (χ0v) is 15.9. The molecular weight excluding hydrogens is 418 g/mol. The Balaban J connectivity index is 0.00000128. The topological polar surface area (TPSA) is 0 Å². The minimum atomic E-state index is -0.691. The van der Waals surface area contributed by atoms with Crippen LogP contribution in [0.25, 0.3) is 0 Å². The van der Waals surface area contributed by atoms with Crippen molar-refractivity contribution in [2.24, 2.45) is 5.92 Å². The Morgan fingerprint density at radius 2 is 1.76 bits per heavy atom. The molecule has 0 aromatic heterocycles. The molecule has 0 amide bonds. The number of allylic oxidation sites excluding steroid dienone is 8. The largest absolute Gasteiger partial charge is 1.00 e. The number of hydrogen-bond donors (Lipinski definition) is 0. The standard InChI is InChI=1S/2C7H9.2ClH.Hf/c1-6-3-4-7(2)5-6;1-6-4-3-5-7(6)2;;;/h3-4,6H,1-2H3;4H,5H2,1-2H3;2*1H;/q;;;;+2/p-2. The summed E-state index contributed by atoms with van der Waals surface area (Å²) >= 11 is -0.691. The molecule has 0 saturated carbocycles. The average molecular weight is 436 g/mol. The summed E-state index contributed by atoms with van der Waals surface area (Å²) in [6.07, 6.45) is 8.41. The summed E-state index contributed by atoms with van der Waals surface area (Å²) in [4.78, 5) is 0. The van der Waals surface area contributed by atoms with Crippen LogP contribution in [0, 0.1) is 5.92 Å². The van der Waals surface area contributed by atoms with Crippen LogP contribution in [0.3, 0.4) is 0 Å². The Kier molecular flexibility index (Phi) is 7.28. The predicted molar refractivity (Wildman–Crippen MR) is 62.1 cm³/mol. The molecule has 0 fully saturated rings. The Labute approximate surface area is 129 Å². The molecule has 0 spiro atoms. The van der Waals surface area contributed by atoms with Crippen molar-refractivity contribution in [2.45, 2.75) is 34.1 Å². The third kappa shape index (κ3) is 3.94. The summed E-state index contributed by atoms with van der Waals surface area (Å²) in [6.45, 7) is 9.16. The Morgan fingerprint density at radius 1 is 1.12 bits per heavy atom. The molecule has 0 aliphatic heterocycles. The Bertz CT molecular complexity index is 414. The van der Waals surface area contributed by atoms with E-state index in [0.717, 1.165) is 5.92 Å². The molecule has 1 atom stereocenters. The van der Waals surface area contributed by atoms with Gasteiger partial charge in [-0.05, 0) is 0 Å². The van der Waals surface area contributed by atoms with E-state index in [0.29, 0.717) is 0 Å². The minimum Gasteiger partial charge on any atom is -1.00 e. The van der Waals surface area contributed by atoms with E-state index in [4.69, 9.17) is 0 Å². The van der Waals surface area contributed by atoms with Crippen LogP contribution < -0.4 is 24.8 Å². The minimum absolute atomic E-state index is 0. The number of halogens is 2. The zero-order chi connectivity index (χ0) is 11.0. The predicted octanol–water partition coefficient (Wildman–Crippen LogP) is -1.82. The second-order valence-corrected chi connectivity index (χ2v) is 9.82. The van der Waals surface area contributed by atoms with Crippen molar-refractivity contribution in [3.8, 4) is 0 Å². The van der Waals surface area contributed by atoms with E-state index in [9.17, 15) is 0 Å². The van der Waals surface area contributed by atoms with Gasteiger partial charge in [0.2, 0.25) is 0 Å². The van der Waals surface area contributed by atoms with E-state index in [-0.39, 0.29) is 24.8 Å². The number of hydrogen-bond acceptors (Lipinski definition) is 0. The van der Waals surface area contributed by atoms with Crippen LogP contribution in [0.1, 0.15) is 34.1 Å². The van der Waals surface area contributed by atoms with Crippen LogP contribution in [0.15, 0.2) is 41.6 Å². The van der Waals surface area contributed by atoms with Crippen molar-refractivity contribution < 1.29 is 47.7 Å². The molecule has 0 aromatic rings. The van der Waals surface area contributed by atoms with Gasteiger partial charge in [-0.15, -0.1) is 0 Å². The first kappa shape index (κ1) is 17.4. The molecule has 1 unspecified atom stereocenters. The van der Waals surface area contributed by atoms with Crippen molar-refractivity contribution in [3.63, 3.8) is 0 Å². The van der Waals surface area contributed by atoms with E-state index >= 15 is 0 Å². The van der Waals surface area contributed by atoms with Crippen LogP contribution in [0.5, 0.6) is 0 Å². The fourth-order valence-corrected chi connectivity index (χ4v) is 7.88. The van der Waals surface area contributed by atoms with E-state index in [1.54, 1.807) is 14.5 Å². The first-order valence-corrected chi connectivity index (χ1v) is 9.20. The van der Waals surface area contributed by atoms with E-state index in [1.165, 1.54) is 12.0 Å².